The Morgan fingerprint density at radius 2 is 1.88 bits per heavy atom. The zero-order valence-corrected chi connectivity index (χ0v) is 17.5. The molecule has 0 spiro atoms. The van der Waals surface area contributed by atoms with Crippen molar-refractivity contribution in [1.82, 2.24) is 4.98 Å². The molecular weight excluding hydrogens is 410 g/mol. The van der Waals surface area contributed by atoms with E-state index in [1.54, 1.807) is 57.0 Å². The standard InChI is InChI=1S/C25H19NO6/c1-29-18-7-5-15(11-20(18)30-2)17-12-22(27)31-19-8-6-16-24(28)21(32-25(16)23(17)19)10-14-4-3-9-26-13-14/h3-11,13,17H,12H2,1-2H3/b21-10-. The molecule has 0 saturated carbocycles. The number of methoxy groups -OCH3 is 2. The van der Waals surface area contributed by atoms with Crippen LogP contribution >= 0.6 is 0 Å². The first-order chi connectivity index (χ1) is 15.6. The van der Waals surface area contributed by atoms with Crippen LogP contribution in [0.1, 0.15) is 39.4 Å². The Hall–Kier alpha value is -4.13. The summed E-state index contributed by atoms with van der Waals surface area (Å²) >= 11 is 0. The SMILES string of the molecule is COc1ccc(C2CC(=O)Oc3ccc4c(c32)O/C(=C\c2cccnc2)C4=O)cc1OC. The van der Waals surface area contributed by atoms with Crippen LogP contribution in [0.2, 0.25) is 0 Å². The molecule has 0 amide bonds. The van der Waals surface area contributed by atoms with Crippen LogP contribution in [0.5, 0.6) is 23.0 Å². The minimum atomic E-state index is -0.369. The number of fused-ring (bicyclic) bond motifs is 3. The molecule has 3 aromatic rings. The van der Waals surface area contributed by atoms with Gasteiger partial charge in [0.2, 0.25) is 5.78 Å². The quantitative estimate of drug-likeness (QED) is 0.350. The normalized spacial score (nSPS) is 17.9. The molecule has 2 aliphatic heterocycles. The van der Waals surface area contributed by atoms with Gasteiger partial charge in [-0.15, -0.1) is 0 Å². The van der Waals surface area contributed by atoms with Gasteiger partial charge in [-0.05, 0) is 47.5 Å². The second kappa shape index (κ2) is 7.85. The number of hydrogen-bond donors (Lipinski definition) is 0. The fraction of sp³-hybridized carbons (Fsp3) is 0.160. The van der Waals surface area contributed by atoms with Crippen LogP contribution in [-0.2, 0) is 4.79 Å². The predicted molar refractivity (Wildman–Crippen MR) is 115 cm³/mol. The Balaban J connectivity index is 1.62. The highest BCUT2D eigenvalue weighted by atomic mass is 16.5. The summed E-state index contributed by atoms with van der Waals surface area (Å²) in [6.45, 7) is 0. The van der Waals surface area contributed by atoms with Crippen molar-refractivity contribution in [1.29, 1.82) is 0 Å². The van der Waals surface area contributed by atoms with E-state index < -0.39 is 0 Å². The summed E-state index contributed by atoms with van der Waals surface area (Å²) < 4.78 is 22.3. The summed E-state index contributed by atoms with van der Waals surface area (Å²) in [6.07, 6.45) is 5.07. The van der Waals surface area contributed by atoms with Crippen LogP contribution in [0.25, 0.3) is 6.08 Å². The number of esters is 1. The van der Waals surface area contributed by atoms with Crippen LogP contribution in [0.3, 0.4) is 0 Å². The maximum absolute atomic E-state index is 13.0. The van der Waals surface area contributed by atoms with Gasteiger partial charge in [0.15, 0.2) is 17.3 Å². The minimum Gasteiger partial charge on any atom is -0.493 e. The summed E-state index contributed by atoms with van der Waals surface area (Å²) in [5.74, 6) is 1.18. The fourth-order valence-electron chi connectivity index (χ4n) is 4.07. The van der Waals surface area contributed by atoms with Gasteiger partial charge in [0.1, 0.15) is 11.5 Å². The number of hydrogen-bond acceptors (Lipinski definition) is 7. The number of carbonyl (C=O) groups excluding carboxylic acids is 2. The van der Waals surface area contributed by atoms with E-state index in [-0.39, 0.29) is 29.9 Å². The molecule has 0 N–H and O–H groups in total. The first kappa shape index (κ1) is 19.8. The van der Waals surface area contributed by atoms with E-state index in [4.69, 9.17) is 18.9 Å². The van der Waals surface area contributed by atoms with E-state index in [2.05, 4.69) is 4.98 Å². The molecule has 0 bridgehead atoms. The van der Waals surface area contributed by atoms with Gasteiger partial charge < -0.3 is 18.9 Å². The summed E-state index contributed by atoms with van der Waals surface area (Å²) in [5.41, 5.74) is 2.68. The molecule has 0 radical (unpaired) electrons. The van der Waals surface area contributed by atoms with Gasteiger partial charge in [0.25, 0.3) is 0 Å². The Morgan fingerprint density at radius 1 is 1.03 bits per heavy atom. The molecule has 1 aromatic heterocycles. The number of carbonyl (C=O) groups is 2. The van der Waals surface area contributed by atoms with Crippen molar-refractivity contribution in [2.45, 2.75) is 12.3 Å². The molecule has 7 heteroatoms. The molecule has 32 heavy (non-hydrogen) atoms. The lowest BCUT2D eigenvalue weighted by Gasteiger charge is -2.26. The molecule has 1 atom stereocenters. The number of allylic oxidation sites excluding steroid dienone is 1. The average molecular weight is 429 g/mol. The minimum absolute atomic E-state index is 0.109. The van der Waals surface area contributed by atoms with Gasteiger partial charge in [0, 0.05) is 23.9 Å². The molecule has 1 unspecified atom stereocenters. The van der Waals surface area contributed by atoms with E-state index in [1.165, 1.54) is 0 Å². The van der Waals surface area contributed by atoms with Crippen molar-refractivity contribution in [2.24, 2.45) is 0 Å². The lowest BCUT2D eigenvalue weighted by atomic mass is 9.84. The van der Waals surface area contributed by atoms with Gasteiger partial charge in [-0.2, -0.15) is 0 Å². The first-order valence-electron chi connectivity index (χ1n) is 10.0. The lowest BCUT2D eigenvalue weighted by Crippen LogP contribution is -2.21. The third-order valence-electron chi connectivity index (χ3n) is 5.57. The summed E-state index contributed by atoms with van der Waals surface area (Å²) in [7, 11) is 3.12. The van der Waals surface area contributed by atoms with Crippen molar-refractivity contribution in [3.8, 4) is 23.0 Å². The number of Topliss-reactive ketones (excluding diaryl/α,β-unsaturated/α-hetero) is 1. The van der Waals surface area contributed by atoms with Crippen LogP contribution in [0, 0.1) is 0 Å². The summed E-state index contributed by atoms with van der Waals surface area (Å²) in [5, 5.41) is 0. The zero-order valence-electron chi connectivity index (χ0n) is 17.5. The van der Waals surface area contributed by atoms with Crippen LogP contribution < -0.4 is 18.9 Å². The van der Waals surface area contributed by atoms with Gasteiger partial charge >= 0.3 is 5.97 Å². The number of pyridine rings is 1. The molecule has 0 fully saturated rings. The number of aromatic nitrogens is 1. The lowest BCUT2D eigenvalue weighted by molar-refractivity contribution is -0.135. The van der Waals surface area contributed by atoms with E-state index in [9.17, 15) is 9.59 Å². The smallest absolute Gasteiger partial charge is 0.312 e. The van der Waals surface area contributed by atoms with E-state index >= 15 is 0 Å². The van der Waals surface area contributed by atoms with Gasteiger partial charge in [-0.25, -0.2) is 0 Å². The van der Waals surface area contributed by atoms with Crippen LogP contribution in [-0.4, -0.2) is 31.0 Å². The molecule has 5 rings (SSSR count). The fourth-order valence-corrected chi connectivity index (χ4v) is 4.07. The Bertz CT molecular complexity index is 1260. The highest BCUT2D eigenvalue weighted by Gasteiger charge is 2.38. The van der Waals surface area contributed by atoms with Crippen molar-refractivity contribution >= 4 is 17.8 Å². The molecule has 2 aliphatic rings. The third kappa shape index (κ3) is 3.28. The highest BCUT2D eigenvalue weighted by molar-refractivity contribution is 6.15. The van der Waals surface area contributed by atoms with Crippen molar-refractivity contribution in [3.63, 3.8) is 0 Å². The van der Waals surface area contributed by atoms with Gasteiger partial charge in [-0.1, -0.05) is 12.1 Å². The Kier molecular flexibility index (Phi) is 4.86. The second-order valence-electron chi connectivity index (χ2n) is 7.43. The largest absolute Gasteiger partial charge is 0.493 e. The number of benzene rings is 2. The summed E-state index contributed by atoms with van der Waals surface area (Å²) in [6, 6.07) is 12.4. The number of ketones is 1. The van der Waals surface area contributed by atoms with Crippen molar-refractivity contribution < 1.29 is 28.5 Å². The van der Waals surface area contributed by atoms with E-state index in [0.717, 1.165) is 11.1 Å². The van der Waals surface area contributed by atoms with Crippen LogP contribution in [0.15, 0.2) is 60.6 Å². The van der Waals surface area contributed by atoms with E-state index in [1.807, 2.05) is 18.2 Å². The van der Waals surface area contributed by atoms with Gasteiger partial charge in [0.05, 0.1) is 26.2 Å². The number of nitrogens with zero attached hydrogens (tertiary/aromatic N) is 1. The monoisotopic (exact) mass is 429 g/mol. The zero-order chi connectivity index (χ0) is 22.2. The maximum atomic E-state index is 13.0. The average Bonchev–Trinajstić information content (AvgIpc) is 3.13. The Labute approximate surface area is 184 Å². The number of ether oxygens (including phenoxy) is 4. The highest BCUT2D eigenvalue weighted by Crippen LogP contribution is 2.49. The molecule has 3 heterocycles. The predicted octanol–water partition coefficient (Wildman–Crippen LogP) is 4.16. The van der Waals surface area contributed by atoms with Gasteiger partial charge in [-0.3, -0.25) is 14.6 Å². The Morgan fingerprint density at radius 3 is 2.62 bits per heavy atom. The third-order valence-corrected chi connectivity index (χ3v) is 5.57. The molecule has 7 nitrogen and oxygen atoms in total. The molecular formula is C25H19NO6. The second-order valence-corrected chi connectivity index (χ2v) is 7.43. The summed E-state index contributed by atoms with van der Waals surface area (Å²) in [4.78, 5) is 29.4. The molecule has 160 valence electrons. The maximum Gasteiger partial charge on any atom is 0.312 e. The topological polar surface area (TPSA) is 84.0 Å². The van der Waals surface area contributed by atoms with Crippen LogP contribution in [0.4, 0.5) is 0 Å². The number of rotatable bonds is 4. The first-order valence-corrected chi connectivity index (χ1v) is 10.0. The van der Waals surface area contributed by atoms with Crippen molar-refractivity contribution in [3.05, 3.63) is 82.9 Å². The molecule has 0 saturated heterocycles. The molecule has 0 aliphatic carbocycles. The van der Waals surface area contributed by atoms with E-state index in [0.29, 0.717) is 34.1 Å². The van der Waals surface area contributed by atoms with Crippen molar-refractivity contribution in [2.75, 3.05) is 14.2 Å². The molecule has 2 aromatic carbocycles.